The molecule has 0 fully saturated rings. The highest BCUT2D eigenvalue weighted by molar-refractivity contribution is 7.99. The van der Waals surface area contributed by atoms with E-state index in [4.69, 9.17) is 0 Å². The standard InChI is InChI=1S/C14H16N2O3S/c1-3-5-10(6-4-2)12(17)9-20-8-11-7-15-14(19)16-13(11)18/h3-7H,1,8-9H2,2H3,(H2,15,16,18,19)/b6-4-,10-5+. The average Bonchev–Trinajstić information content (AvgIpc) is 2.41. The molecule has 106 valence electrons. The molecule has 5 nitrogen and oxygen atoms in total. The molecule has 0 radical (unpaired) electrons. The Morgan fingerprint density at radius 3 is 2.80 bits per heavy atom. The molecular weight excluding hydrogens is 276 g/mol. The number of carbonyl (C=O) groups excluding carboxylic acids is 1. The zero-order valence-electron chi connectivity index (χ0n) is 11.1. The largest absolute Gasteiger partial charge is 0.325 e. The van der Waals surface area contributed by atoms with Gasteiger partial charge >= 0.3 is 5.69 Å². The first-order valence-electron chi connectivity index (χ1n) is 5.95. The summed E-state index contributed by atoms with van der Waals surface area (Å²) >= 11 is 1.31. The van der Waals surface area contributed by atoms with Crippen LogP contribution in [0.1, 0.15) is 12.5 Å². The van der Waals surface area contributed by atoms with Gasteiger partial charge < -0.3 is 4.98 Å². The predicted molar refractivity (Wildman–Crippen MR) is 81.9 cm³/mol. The van der Waals surface area contributed by atoms with Crippen molar-refractivity contribution in [2.75, 3.05) is 5.75 Å². The van der Waals surface area contributed by atoms with Crippen molar-refractivity contribution >= 4 is 17.5 Å². The van der Waals surface area contributed by atoms with Gasteiger partial charge in [-0.1, -0.05) is 30.9 Å². The van der Waals surface area contributed by atoms with Crippen LogP contribution in [0.3, 0.4) is 0 Å². The van der Waals surface area contributed by atoms with Crippen LogP contribution in [0.2, 0.25) is 0 Å². The fourth-order valence-corrected chi connectivity index (χ4v) is 2.32. The van der Waals surface area contributed by atoms with Crippen LogP contribution in [-0.4, -0.2) is 21.5 Å². The molecule has 1 aromatic rings. The van der Waals surface area contributed by atoms with E-state index in [9.17, 15) is 14.4 Å². The van der Waals surface area contributed by atoms with Gasteiger partial charge in [0, 0.05) is 23.1 Å². The van der Waals surface area contributed by atoms with Crippen LogP contribution in [-0.2, 0) is 10.5 Å². The minimum Gasteiger partial charge on any atom is -0.314 e. The number of rotatable bonds is 7. The smallest absolute Gasteiger partial charge is 0.314 e. The lowest BCUT2D eigenvalue weighted by Crippen LogP contribution is -2.24. The summed E-state index contributed by atoms with van der Waals surface area (Å²) in [5, 5.41) is 0. The molecule has 1 heterocycles. The average molecular weight is 292 g/mol. The molecule has 1 rings (SSSR count). The van der Waals surface area contributed by atoms with Gasteiger partial charge in [-0.2, -0.15) is 0 Å². The lowest BCUT2D eigenvalue weighted by Gasteiger charge is -2.02. The summed E-state index contributed by atoms with van der Waals surface area (Å²) in [7, 11) is 0. The van der Waals surface area contributed by atoms with Crippen LogP contribution in [0, 0.1) is 0 Å². The minimum atomic E-state index is -0.538. The molecule has 0 saturated heterocycles. The van der Waals surface area contributed by atoms with Gasteiger partial charge in [-0.15, -0.1) is 11.8 Å². The molecule has 0 unspecified atom stereocenters. The molecule has 0 spiro atoms. The topological polar surface area (TPSA) is 82.8 Å². The highest BCUT2D eigenvalue weighted by Gasteiger charge is 2.07. The molecule has 0 aromatic carbocycles. The van der Waals surface area contributed by atoms with E-state index in [0.29, 0.717) is 16.9 Å². The number of carbonyl (C=O) groups is 1. The second-order valence-electron chi connectivity index (χ2n) is 3.87. The van der Waals surface area contributed by atoms with Crippen molar-refractivity contribution in [1.82, 2.24) is 9.97 Å². The van der Waals surface area contributed by atoms with Crippen molar-refractivity contribution < 1.29 is 4.79 Å². The molecule has 20 heavy (non-hydrogen) atoms. The summed E-state index contributed by atoms with van der Waals surface area (Å²) in [6, 6.07) is 0. The van der Waals surface area contributed by atoms with Gasteiger partial charge in [0.25, 0.3) is 5.56 Å². The highest BCUT2D eigenvalue weighted by Crippen LogP contribution is 2.11. The Balaban J connectivity index is 2.61. The van der Waals surface area contributed by atoms with Crippen LogP contribution in [0.4, 0.5) is 0 Å². The first kappa shape index (κ1) is 16.0. The number of aromatic nitrogens is 2. The van der Waals surface area contributed by atoms with E-state index in [2.05, 4.69) is 16.5 Å². The Morgan fingerprint density at radius 1 is 1.45 bits per heavy atom. The second kappa shape index (κ2) is 8.16. The number of hydrogen-bond acceptors (Lipinski definition) is 4. The van der Waals surface area contributed by atoms with Gasteiger partial charge in [-0.3, -0.25) is 14.6 Å². The van der Waals surface area contributed by atoms with Gasteiger partial charge in [0.2, 0.25) is 0 Å². The van der Waals surface area contributed by atoms with Crippen LogP contribution >= 0.6 is 11.8 Å². The third-order valence-corrected chi connectivity index (χ3v) is 3.33. The Morgan fingerprint density at radius 2 is 2.20 bits per heavy atom. The van der Waals surface area contributed by atoms with E-state index in [-0.39, 0.29) is 11.5 Å². The Labute approximate surface area is 120 Å². The number of hydrogen-bond donors (Lipinski definition) is 2. The Kier molecular flexibility index (Phi) is 6.52. The fourth-order valence-electron chi connectivity index (χ4n) is 1.43. The molecule has 0 atom stereocenters. The number of allylic oxidation sites excluding steroid dienone is 5. The van der Waals surface area contributed by atoms with Crippen molar-refractivity contribution in [3.05, 3.63) is 69.1 Å². The van der Waals surface area contributed by atoms with E-state index in [1.165, 1.54) is 18.0 Å². The van der Waals surface area contributed by atoms with E-state index in [1.54, 1.807) is 24.3 Å². The Bertz CT molecular complexity index is 653. The normalized spacial score (nSPS) is 11.8. The molecule has 0 saturated carbocycles. The van der Waals surface area contributed by atoms with E-state index in [1.807, 2.05) is 6.92 Å². The maximum atomic E-state index is 11.9. The van der Waals surface area contributed by atoms with Gasteiger partial charge in [0.1, 0.15) is 0 Å². The summed E-state index contributed by atoms with van der Waals surface area (Å²) in [5.41, 5.74) is 0.0428. The molecule has 0 aliphatic heterocycles. The van der Waals surface area contributed by atoms with Gasteiger partial charge in [-0.25, -0.2) is 4.79 Å². The van der Waals surface area contributed by atoms with Crippen molar-refractivity contribution in [3.8, 4) is 0 Å². The maximum Gasteiger partial charge on any atom is 0.325 e. The van der Waals surface area contributed by atoms with Crippen LogP contribution in [0.5, 0.6) is 0 Å². The summed E-state index contributed by atoms with van der Waals surface area (Å²) in [6.45, 7) is 5.39. The van der Waals surface area contributed by atoms with Crippen molar-refractivity contribution in [3.63, 3.8) is 0 Å². The number of thioether (sulfide) groups is 1. The number of aromatic amines is 2. The third-order valence-electron chi connectivity index (χ3n) is 2.35. The minimum absolute atomic E-state index is 0.0335. The maximum absolute atomic E-state index is 11.9. The molecular formula is C14H16N2O3S. The summed E-state index contributed by atoms with van der Waals surface area (Å²) in [4.78, 5) is 38.8. The third kappa shape index (κ3) is 4.89. The zero-order valence-corrected chi connectivity index (χ0v) is 12.0. The Hall–Kier alpha value is -2.08. The second-order valence-corrected chi connectivity index (χ2v) is 4.86. The van der Waals surface area contributed by atoms with Gasteiger partial charge in [-0.05, 0) is 6.92 Å². The summed E-state index contributed by atoms with van der Waals surface area (Å²) in [5.74, 6) is 0.575. The van der Waals surface area contributed by atoms with Crippen LogP contribution < -0.4 is 11.2 Å². The number of Topliss-reactive ketones (excluding diaryl/α,β-unsaturated/α-hetero) is 1. The fraction of sp³-hybridized carbons (Fsp3) is 0.214. The predicted octanol–water partition coefficient (Wildman–Crippen LogP) is 1.55. The van der Waals surface area contributed by atoms with Crippen LogP contribution in [0.15, 0.2) is 52.2 Å². The number of nitrogens with one attached hydrogen (secondary N) is 2. The number of H-pyrrole nitrogens is 2. The first-order valence-corrected chi connectivity index (χ1v) is 7.11. The zero-order chi connectivity index (χ0) is 15.0. The van der Waals surface area contributed by atoms with Crippen molar-refractivity contribution in [1.29, 1.82) is 0 Å². The summed E-state index contributed by atoms with van der Waals surface area (Å²) in [6.07, 6.45) is 8.08. The molecule has 1 aromatic heterocycles. The van der Waals surface area contributed by atoms with E-state index < -0.39 is 11.2 Å². The molecule has 6 heteroatoms. The monoisotopic (exact) mass is 292 g/mol. The SMILES string of the molecule is C=C/C=C(\C=C/C)C(=O)CSCc1c[nH]c(=O)[nH]c1=O. The lowest BCUT2D eigenvalue weighted by molar-refractivity contribution is -0.112. The van der Waals surface area contributed by atoms with Crippen molar-refractivity contribution in [2.45, 2.75) is 12.7 Å². The summed E-state index contributed by atoms with van der Waals surface area (Å²) < 4.78 is 0. The lowest BCUT2D eigenvalue weighted by atomic mass is 10.1. The quantitative estimate of drug-likeness (QED) is 0.590. The van der Waals surface area contributed by atoms with Crippen molar-refractivity contribution in [2.24, 2.45) is 0 Å². The molecule has 0 aliphatic rings. The first-order chi connectivity index (χ1) is 9.58. The van der Waals surface area contributed by atoms with Gasteiger partial charge in [0.15, 0.2) is 5.78 Å². The van der Waals surface area contributed by atoms with Gasteiger partial charge in [0.05, 0.1) is 5.75 Å². The van der Waals surface area contributed by atoms with E-state index >= 15 is 0 Å². The van der Waals surface area contributed by atoms with E-state index in [0.717, 1.165) is 0 Å². The molecule has 0 bridgehead atoms. The highest BCUT2D eigenvalue weighted by atomic mass is 32.2. The van der Waals surface area contributed by atoms with Crippen LogP contribution in [0.25, 0.3) is 0 Å². The molecule has 0 amide bonds. The number of ketones is 1. The molecule has 0 aliphatic carbocycles. The molecule has 2 N–H and O–H groups in total.